The minimum Gasteiger partial charge on any atom is -0.507 e. The number of hydrogen-bond donors (Lipinski definition) is 1. The molecular weight excluding hydrogens is 1210 g/mol. The fourth-order valence-corrected chi connectivity index (χ4v) is 13.0. The number of para-hydroxylation sites is 1. The molecule has 1 aliphatic carbocycles. The second-order valence-corrected chi connectivity index (χ2v) is 25.2. The summed E-state index contributed by atoms with van der Waals surface area (Å²) in [7, 11) is 0. The molecule has 2 heterocycles. The maximum Gasteiger partial charge on any atom is 0.163 e. The number of hydrogen-bond acceptors (Lipinski definition) is 3. The van der Waals surface area contributed by atoms with E-state index in [9.17, 15) is 5.11 Å². The third-order valence-electron chi connectivity index (χ3n) is 17.2. The van der Waals surface area contributed by atoms with Crippen LogP contribution in [0.1, 0.15) is 86.1 Å². The first-order valence-corrected chi connectivity index (χ1v) is 29.6. The Balaban J connectivity index is 0.00000709. The molecule has 12 aromatic rings. The van der Waals surface area contributed by atoms with Gasteiger partial charge >= 0.3 is 0 Å². The van der Waals surface area contributed by atoms with Gasteiger partial charge in [-0.05, 0) is 164 Å². The van der Waals surface area contributed by atoms with Gasteiger partial charge in [-0.2, -0.15) is 0 Å². The number of aromatic hydroxyl groups is 1. The third kappa shape index (κ3) is 10.5. The fraction of sp³-hybridized carbons (Fsp3) is 0.175. The van der Waals surface area contributed by atoms with Crippen LogP contribution in [0.15, 0.2) is 212 Å². The van der Waals surface area contributed by atoms with Crippen molar-refractivity contribution in [3.8, 4) is 112 Å². The van der Waals surface area contributed by atoms with Crippen molar-refractivity contribution in [3.63, 3.8) is 0 Å². The van der Waals surface area contributed by atoms with Gasteiger partial charge in [-0.1, -0.05) is 234 Å². The van der Waals surface area contributed by atoms with Gasteiger partial charge < -0.3 is 5.11 Å². The van der Waals surface area contributed by atoms with Crippen LogP contribution >= 0.6 is 0 Å². The maximum absolute atomic E-state index is 11.5. The molecule has 0 atom stereocenters. The molecule has 0 saturated carbocycles. The zero-order valence-electron chi connectivity index (χ0n) is 50.2. The monoisotopic (exact) mass is 1280 g/mol. The Labute approximate surface area is 516 Å². The zero-order valence-corrected chi connectivity index (χ0v) is 52.5. The number of rotatable bonds is 9. The van der Waals surface area contributed by atoms with Gasteiger partial charge in [0.2, 0.25) is 0 Å². The number of benzene rings is 10. The van der Waals surface area contributed by atoms with E-state index in [1.54, 1.807) is 6.07 Å². The van der Waals surface area contributed by atoms with Crippen molar-refractivity contribution in [1.82, 2.24) is 14.5 Å². The van der Waals surface area contributed by atoms with Crippen LogP contribution in [0.4, 0.5) is 0 Å². The van der Waals surface area contributed by atoms with Crippen molar-refractivity contribution in [2.45, 2.75) is 92.9 Å². The Morgan fingerprint density at radius 3 is 1.58 bits per heavy atom. The number of phenols is 1. The van der Waals surface area contributed by atoms with Crippen LogP contribution in [-0.4, -0.2) is 19.6 Å². The van der Waals surface area contributed by atoms with Crippen LogP contribution in [0.3, 0.4) is 0 Å². The van der Waals surface area contributed by atoms with E-state index in [1.165, 1.54) is 27.8 Å². The molecule has 0 bridgehead atoms. The minimum atomic E-state index is -0.0805. The van der Waals surface area contributed by atoms with Crippen molar-refractivity contribution in [2.75, 3.05) is 0 Å². The summed E-state index contributed by atoms with van der Waals surface area (Å²) < 4.78 is 2.34. The fourth-order valence-electron chi connectivity index (χ4n) is 13.0. The molecule has 5 heteroatoms. The van der Waals surface area contributed by atoms with E-state index >= 15 is 0 Å². The van der Waals surface area contributed by atoms with Crippen molar-refractivity contribution in [2.24, 2.45) is 0 Å². The van der Waals surface area contributed by atoms with Gasteiger partial charge in [0.05, 0.1) is 22.4 Å². The average molecular weight is 1280 g/mol. The predicted octanol–water partition coefficient (Wildman–Crippen LogP) is 20.9. The van der Waals surface area contributed by atoms with E-state index < -0.39 is 0 Å². The zero-order chi connectivity index (χ0) is 58.2. The normalized spacial score (nSPS) is 12.2. The van der Waals surface area contributed by atoms with Gasteiger partial charge in [0.25, 0.3) is 0 Å². The maximum atomic E-state index is 11.5. The van der Waals surface area contributed by atoms with Gasteiger partial charge in [-0.25, -0.2) is 9.97 Å². The molecule has 0 fully saturated rings. The molecule has 0 radical (unpaired) electrons. The summed E-state index contributed by atoms with van der Waals surface area (Å²) in [5.74, 6) is 0.965. The SMILES string of the molecule is Cc1cc(C)cc(-c2cccc(-c3ccccc3)c2-c2[c-]c(-c3c(-c4c(-c5cccc(C(C)(C)C)c5)cccc4-c4cccc(C(C)(C)C)c4)ccc4c3nc(-c3ccc5c(n3)-c3c(O)cccc3CC5)n4-c3c(C)cccc3C)ccc2)c1.[Pt]. The average Bonchev–Trinajstić information content (AvgIpc) is 1.92. The molecule has 1 N–H and O–H groups in total. The van der Waals surface area contributed by atoms with Crippen molar-refractivity contribution >= 4 is 11.0 Å². The van der Waals surface area contributed by atoms with Crippen LogP contribution in [0.2, 0.25) is 0 Å². The molecule has 85 heavy (non-hydrogen) atoms. The topological polar surface area (TPSA) is 50.9 Å². The second kappa shape index (κ2) is 22.4. The van der Waals surface area contributed by atoms with Gasteiger partial charge in [-0.3, -0.25) is 4.57 Å². The molecule has 422 valence electrons. The molecule has 0 saturated heterocycles. The number of aromatic nitrogens is 3. The Morgan fingerprint density at radius 1 is 0.424 bits per heavy atom. The Hall–Kier alpha value is -8.69. The van der Waals surface area contributed by atoms with Crippen molar-refractivity contribution < 1.29 is 26.2 Å². The van der Waals surface area contributed by atoms with Gasteiger partial charge in [-0.15, -0.1) is 35.4 Å². The van der Waals surface area contributed by atoms with E-state index in [2.05, 4.69) is 280 Å². The Kier molecular flexibility index (Phi) is 14.9. The van der Waals surface area contributed by atoms with Gasteiger partial charge in [0.1, 0.15) is 11.4 Å². The molecule has 0 aliphatic heterocycles. The molecule has 13 rings (SSSR count). The summed E-state index contributed by atoms with van der Waals surface area (Å²) in [6.07, 6.45) is 1.68. The summed E-state index contributed by atoms with van der Waals surface area (Å²) in [6, 6.07) is 81.7. The largest absolute Gasteiger partial charge is 0.507 e. The van der Waals surface area contributed by atoms with E-state index in [0.717, 1.165) is 147 Å². The molecule has 10 aromatic carbocycles. The predicted molar refractivity (Wildman–Crippen MR) is 352 cm³/mol. The molecule has 0 amide bonds. The second-order valence-electron chi connectivity index (χ2n) is 25.2. The Morgan fingerprint density at radius 2 is 0.953 bits per heavy atom. The van der Waals surface area contributed by atoms with Crippen LogP contribution in [0, 0.1) is 33.8 Å². The standard InChI is InChI=1S/C80H70N3O.Pt/c1-49-43-50(2)45-60(44-49)66-35-19-32-63(53-23-12-11-13-24-53)71(66)58-28-15-29-59(46-58)72-67(74-64(56-26-16-30-61(47-56)79(5,6)7)33-20-34-65(74)57-27-17-31-62(48-57)80(8,9)10)40-42-69-76(72)82-78(83(69)77-51(3)21-14-22-52(77)4)68-41-39-55-38-37-54-25-18-36-70(84)73(54)75(55)81-68;/h11-36,39-45,47-48,84H,37-38H2,1-10H3;/q-1;. The summed E-state index contributed by atoms with van der Waals surface area (Å²) in [5, 5.41) is 11.5. The van der Waals surface area contributed by atoms with Gasteiger partial charge in [0, 0.05) is 26.6 Å². The summed E-state index contributed by atoms with van der Waals surface area (Å²) in [6.45, 7) is 22.5. The number of nitrogens with zero attached hydrogens (tertiary/aromatic N) is 3. The van der Waals surface area contributed by atoms with Crippen molar-refractivity contribution in [3.05, 3.63) is 263 Å². The van der Waals surface area contributed by atoms with Crippen LogP contribution in [-0.2, 0) is 44.7 Å². The molecular formula is C80H70N3OPt-. The Bertz CT molecular complexity index is 4450. The summed E-state index contributed by atoms with van der Waals surface area (Å²) in [5.41, 5.74) is 29.7. The van der Waals surface area contributed by atoms with Crippen LogP contribution < -0.4 is 0 Å². The minimum absolute atomic E-state index is 0. The van der Waals surface area contributed by atoms with E-state index in [1.807, 2.05) is 6.07 Å². The molecule has 0 unspecified atom stereocenters. The smallest absolute Gasteiger partial charge is 0.163 e. The summed E-state index contributed by atoms with van der Waals surface area (Å²) >= 11 is 0. The van der Waals surface area contributed by atoms with Crippen molar-refractivity contribution in [1.29, 1.82) is 0 Å². The quantitative estimate of drug-likeness (QED) is 0.147. The van der Waals surface area contributed by atoms with E-state index in [4.69, 9.17) is 9.97 Å². The first-order valence-electron chi connectivity index (χ1n) is 29.6. The molecule has 0 spiro atoms. The number of fused-ring (bicyclic) bond motifs is 4. The molecule has 4 nitrogen and oxygen atoms in total. The number of aryl methyl sites for hydroxylation is 6. The number of pyridine rings is 1. The number of imidazole rings is 1. The van der Waals surface area contributed by atoms with Gasteiger partial charge in [0.15, 0.2) is 5.82 Å². The molecule has 2 aromatic heterocycles. The van der Waals surface area contributed by atoms with E-state index in [-0.39, 0.29) is 37.6 Å². The molecule has 1 aliphatic rings. The first-order chi connectivity index (χ1) is 40.5. The van der Waals surface area contributed by atoms with Crippen LogP contribution in [0.5, 0.6) is 5.75 Å². The number of phenolic OH excluding ortho intramolecular Hbond substituents is 1. The third-order valence-corrected chi connectivity index (χ3v) is 17.2. The van der Waals surface area contributed by atoms with Crippen LogP contribution in [0.25, 0.3) is 117 Å². The first kappa shape index (κ1) is 56.8. The summed E-state index contributed by atoms with van der Waals surface area (Å²) in [4.78, 5) is 11.6. The van der Waals surface area contributed by atoms with E-state index in [0.29, 0.717) is 0 Å².